The number of nitrogens with two attached hydrogens (primary N) is 2. The van der Waals surface area contributed by atoms with E-state index < -0.39 is 27.9 Å². The Hall–Kier alpha value is -4.93. The summed E-state index contributed by atoms with van der Waals surface area (Å²) in [5.74, 6) is -1.82. The van der Waals surface area contributed by atoms with Crippen LogP contribution >= 0.6 is 11.3 Å². The topological polar surface area (TPSA) is 227 Å². The summed E-state index contributed by atoms with van der Waals surface area (Å²) in [6.45, 7) is 1.64. The molecule has 0 saturated heterocycles. The van der Waals surface area contributed by atoms with Crippen LogP contribution in [0.5, 0.6) is 5.75 Å². The molecule has 46 heavy (non-hydrogen) atoms. The van der Waals surface area contributed by atoms with Gasteiger partial charge in [-0.25, -0.2) is 13.2 Å². The van der Waals surface area contributed by atoms with Crippen LogP contribution in [-0.2, 0) is 34.3 Å². The van der Waals surface area contributed by atoms with E-state index in [4.69, 9.17) is 16.2 Å². The summed E-state index contributed by atoms with van der Waals surface area (Å²) >= 11 is 0.982. The van der Waals surface area contributed by atoms with Crippen molar-refractivity contribution in [2.45, 2.75) is 43.3 Å². The number of thiophene rings is 1. The highest BCUT2D eigenvalue weighted by Gasteiger charge is 2.30. The molecule has 242 valence electrons. The van der Waals surface area contributed by atoms with E-state index in [1.54, 1.807) is 17.6 Å². The van der Waals surface area contributed by atoms with Gasteiger partial charge in [-0.3, -0.25) is 19.6 Å². The number of fused-ring (bicyclic) bond motifs is 1. The molecule has 0 bridgehead atoms. The minimum atomic E-state index is -4.25. The first-order valence-corrected chi connectivity index (χ1v) is 16.7. The van der Waals surface area contributed by atoms with Gasteiger partial charge in [0.2, 0.25) is 0 Å². The van der Waals surface area contributed by atoms with Crippen molar-refractivity contribution in [1.82, 2.24) is 20.8 Å². The third-order valence-electron chi connectivity index (χ3n) is 7.22. The zero-order valence-electron chi connectivity index (χ0n) is 24.7. The van der Waals surface area contributed by atoms with Crippen LogP contribution in [0.15, 0.2) is 70.0 Å². The van der Waals surface area contributed by atoms with Crippen molar-refractivity contribution >= 4 is 44.9 Å². The Morgan fingerprint density at radius 1 is 1.15 bits per heavy atom. The highest BCUT2D eigenvalue weighted by atomic mass is 32.2. The summed E-state index contributed by atoms with van der Waals surface area (Å²) in [7, 11) is -4.25. The van der Waals surface area contributed by atoms with Gasteiger partial charge >= 0.3 is 5.97 Å². The number of nitrogens with one attached hydrogen (secondary N) is 4. The lowest BCUT2D eigenvalue weighted by molar-refractivity contribution is -0.139. The lowest BCUT2D eigenvalue weighted by Gasteiger charge is -2.17. The number of carboxylic acid groups (broad SMARTS) is 1. The van der Waals surface area contributed by atoms with Gasteiger partial charge in [0, 0.05) is 37.9 Å². The quantitative estimate of drug-likeness (QED) is 0.0557. The summed E-state index contributed by atoms with van der Waals surface area (Å²) in [6.07, 6.45) is 2.60. The highest BCUT2D eigenvalue weighted by molar-refractivity contribution is 7.92. The number of anilines is 1. The average molecular weight is 667 g/mol. The number of carboxylic acids is 1. The van der Waals surface area contributed by atoms with Crippen molar-refractivity contribution in [3.05, 3.63) is 81.8 Å². The third kappa shape index (κ3) is 7.82. The summed E-state index contributed by atoms with van der Waals surface area (Å²) in [4.78, 5) is 28.7. The normalized spacial score (nSPS) is 13.0. The second-order valence-corrected chi connectivity index (χ2v) is 13.1. The molecular formula is C30H34N8O6S2. The summed E-state index contributed by atoms with van der Waals surface area (Å²) in [6, 6.07) is 13.4. The second kappa shape index (κ2) is 14.4. The van der Waals surface area contributed by atoms with Crippen molar-refractivity contribution in [2.24, 2.45) is 16.5 Å². The molecule has 1 aliphatic heterocycles. The maximum absolute atomic E-state index is 13.9. The number of guanidine groups is 1. The van der Waals surface area contributed by atoms with Crippen molar-refractivity contribution in [3.8, 4) is 16.9 Å². The average Bonchev–Trinajstić information content (AvgIpc) is 3.80. The van der Waals surface area contributed by atoms with Gasteiger partial charge in [-0.05, 0) is 64.7 Å². The Morgan fingerprint density at radius 2 is 1.98 bits per heavy atom. The van der Waals surface area contributed by atoms with Gasteiger partial charge in [0.05, 0.1) is 12.3 Å². The number of sulfonamides is 1. The molecule has 0 spiro atoms. The Morgan fingerprint density at radius 3 is 2.74 bits per heavy atom. The van der Waals surface area contributed by atoms with E-state index in [0.717, 1.165) is 33.7 Å². The van der Waals surface area contributed by atoms with E-state index in [1.807, 2.05) is 36.4 Å². The number of carbonyl (C=O) groups is 2. The van der Waals surface area contributed by atoms with E-state index in [9.17, 15) is 23.1 Å². The third-order valence-corrected chi connectivity index (χ3v) is 9.51. The van der Waals surface area contributed by atoms with Gasteiger partial charge in [-0.1, -0.05) is 24.3 Å². The van der Waals surface area contributed by atoms with Gasteiger partial charge in [0.1, 0.15) is 21.6 Å². The predicted molar refractivity (Wildman–Crippen MR) is 174 cm³/mol. The fourth-order valence-electron chi connectivity index (χ4n) is 5.05. The van der Waals surface area contributed by atoms with Crippen LogP contribution in [-0.4, -0.2) is 60.8 Å². The number of ether oxygens (including phenoxy) is 1. The molecule has 4 aromatic rings. The van der Waals surface area contributed by atoms with Crippen molar-refractivity contribution in [3.63, 3.8) is 0 Å². The fourth-order valence-corrected chi connectivity index (χ4v) is 7.15. The number of aromatic nitrogens is 2. The molecule has 5 rings (SSSR count). The zero-order valence-corrected chi connectivity index (χ0v) is 26.3. The molecule has 14 nitrogen and oxygen atoms in total. The van der Waals surface area contributed by atoms with Crippen molar-refractivity contribution in [1.29, 1.82) is 0 Å². The van der Waals surface area contributed by atoms with Crippen LogP contribution in [0.25, 0.3) is 11.1 Å². The van der Waals surface area contributed by atoms with Crippen LogP contribution in [0.1, 0.15) is 39.3 Å². The lowest BCUT2D eigenvalue weighted by Crippen LogP contribution is -2.40. The SMILES string of the molecule is NC(N)=NCCCC(NC(=O)c1sccc1NS(=O)(=O)c1cc(-c2ccccc2CNCc2ccn[nH]2)cc2c1OCC2)C(=O)O. The van der Waals surface area contributed by atoms with Crippen molar-refractivity contribution in [2.75, 3.05) is 17.9 Å². The molecule has 0 aliphatic carbocycles. The number of H-pyrrole nitrogens is 1. The van der Waals surface area contributed by atoms with Crippen molar-refractivity contribution < 1.29 is 27.9 Å². The Labute approximate surface area is 269 Å². The molecule has 2 aromatic heterocycles. The number of aliphatic imine (C=N–C) groups is 1. The number of aromatic amines is 1. The van der Waals surface area contributed by atoms with Crippen LogP contribution in [0.4, 0.5) is 5.69 Å². The summed E-state index contributed by atoms with van der Waals surface area (Å²) in [5, 5.41) is 23.9. The fraction of sp³-hybridized carbons (Fsp3) is 0.267. The van der Waals surface area contributed by atoms with E-state index in [1.165, 1.54) is 6.07 Å². The monoisotopic (exact) mass is 666 g/mol. The van der Waals surface area contributed by atoms with Gasteiger partial charge in [-0.15, -0.1) is 11.3 Å². The molecule has 1 amide bonds. The first-order chi connectivity index (χ1) is 22.1. The number of amides is 1. The van der Waals surface area contributed by atoms with E-state index in [-0.39, 0.29) is 40.1 Å². The van der Waals surface area contributed by atoms with Crippen LogP contribution in [0.2, 0.25) is 0 Å². The molecule has 1 atom stereocenters. The summed E-state index contributed by atoms with van der Waals surface area (Å²) < 4.78 is 36.1. The number of rotatable bonds is 15. The molecule has 1 unspecified atom stereocenters. The first-order valence-electron chi connectivity index (χ1n) is 14.4. The Balaban J connectivity index is 1.37. The summed E-state index contributed by atoms with van der Waals surface area (Å²) in [5.41, 5.74) is 14.9. The standard InChI is InChI=1S/C30H34N8O6S2/c31-30(32)34-10-3-6-24(29(40)41)36-28(39)27-23(9-13-45-27)38-46(42,43)25-15-20(14-18-8-12-44-26(18)25)22-5-2-1-4-19(22)16-33-17-21-7-11-35-37-21/h1-2,4-5,7,9,11,13-15,24,33,38H,3,6,8,10,12,16-17H2,(H,35,37)(H,36,39)(H,40,41)(H4,31,32,34). The smallest absolute Gasteiger partial charge is 0.326 e. The van der Waals surface area contributed by atoms with Gasteiger partial charge in [-0.2, -0.15) is 5.10 Å². The predicted octanol–water partition coefficient (Wildman–Crippen LogP) is 2.40. The molecule has 0 radical (unpaired) electrons. The van der Waals surface area contributed by atoms with E-state index in [0.29, 0.717) is 38.1 Å². The highest BCUT2D eigenvalue weighted by Crippen LogP contribution is 2.39. The van der Waals surface area contributed by atoms with Crippen LogP contribution in [0, 0.1) is 0 Å². The minimum absolute atomic E-state index is 0.0152. The molecule has 0 fully saturated rings. The maximum atomic E-state index is 13.9. The number of benzene rings is 2. The molecule has 0 saturated carbocycles. The Bertz CT molecular complexity index is 1840. The molecule has 3 heterocycles. The maximum Gasteiger partial charge on any atom is 0.326 e. The van der Waals surface area contributed by atoms with Gasteiger partial charge in [0.15, 0.2) is 5.96 Å². The van der Waals surface area contributed by atoms with E-state index in [2.05, 4.69) is 30.5 Å². The minimum Gasteiger partial charge on any atom is -0.492 e. The van der Waals surface area contributed by atoms with Crippen LogP contribution < -0.4 is 31.6 Å². The second-order valence-electron chi connectivity index (χ2n) is 10.5. The molecule has 9 N–H and O–H groups in total. The largest absolute Gasteiger partial charge is 0.492 e. The number of hydrogen-bond donors (Lipinski definition) is 7. The molecule has 1 aliphatic rings. The molecule has 2 aromatic carbocycles. The number of carbonyl (C=O) groups excluding carboxylic acids is 1. The Kier molecular flexibility index (Phi) is 10.2. The van der Waals surface area contributed by atoms with Gasteiger partial charge in [0.25, 0.3) is 15.9 Å². The number of nitrogens with zero attached hydrogens (tertiary/aromatic N) is 2. The first kappa shape index (κ1) is 32.5. The van der Waals surface area contributed by atoms with E-state index >= 15 is 0 Å². The lowest BCUT2D eigenvalue weighted by atomic mass is 9.97. The zero-order chi connectivity index (χ0) is 32.7. The molecule has 16 heteroatoms. The number of hydrogen-bond acceptors (Lipinski definition) is 9. The number of aliphatic carboxylic acids is 1. The molecular weight excluding hydrogens is 633 g/mol. The van der Waals surface area contributed by atoms with Gasteiger partial charge < -0.3 is 31.9 Å². The van der Waals surface area contributed by atoms with Crippen LogP contribution in [0.3, 0.4) is 0 Å².